The third-order valence-corrected chi connectivity index (χ3v) is 3.00. The van der Waals surface area contributed by atoms with Crippen molar-refractivity contribution in [3.8, 4) is 0 Å². The van der Waals surface area contributed by atoms with Crippen molar-refractivity contribution in [1.82, 2.24) is 0 Å². The second kappa shape index (κ2) is 9.66. The molecule has 1 N–H and O–H groups in total. The first kappa shape index (κ1) is 21.3. The lowest BCUT2D eigenvalue weighted by Gasteiger charge is -2.12. The van der Waals surface area contributed by atoms with Gasteiger partial charge in [-0.25, -0.2) is 4.39 Å². The van der Waals surface area contributed by atoms with E-state index in [-0.39, 0.29) is 23.4 Å². The van der Waals surface area contributed by atoms with E-state index in [0.29, 0.717) is 0 Å². The van der Waals surface area contributed by atoms with Gasteiger partial charge in [0.25, 0.3) is 0 Å². The molecule has 140 valence electrons. The Balaban J connectivity index is 0.000000765. The van der Waals surface area contributed by atoms with Crippen LogP contribution in [0.3, 0.4) is 0 Å². The molecule has 5 nitrogen and oxygen atoms in total. The highest BCUT2D eigenvalue weighted by atomic mass is 32.2. The molecule has 0 saturated heterocycles. The zero-order valence-corrected chi connectivity index (χ0v) is 14.2. The molecule has 2 aromatic carbocycles. The maximum atomic E-state index is 13.4. The van der Waals surface area contributed by atoms with Crippen LogP contribution >= 0.6 is 0 Å². The maximum absolute atomic E-state index is 13.4. The van der Waals surface area contributed by atoms with Crippen LogP contribution in [0.2, 0.25) is 0 Å². The van der Waals surface area contributed by atoms with Gasteiger partial charge >= 0.3 is 16.7 Å². The van der Waals surface area contributed by atoms with Crippen LogP contribution in [0.15, 0.2) is 53.7 Å². The van der Waals surface area contributed by atoms with Crippen molar-refractivity contribution in [2.75, 3.05) is 0 Å². The molecule has 0 spiro atoms. The van der Waals surface area contributed by atoms with Crippen molar-refractivity contribution >= 4 is 16.2 Å². The molecule has 0 radical (unpaired) electrons. The van der Waals surface area contributed by atoms with Crippen molar-refractivity contribution < 1.29 is 30.8 Å². The van der Waals surface area contributed by atoms with Gasteiger partial charge in [-0.1, -0.05) is 41.6 Å². The van der Waals surface area contributed by atoms with Crippen molar-refractivity contribution in [1.29, 1.82) is 4.78 Å². The van der Waals surface area contributed by atoms with E-state index in [1.54, 1.807) is 6.07 Å². The number of nitrogens with zero attached hydrogens (tertiary/aromatic N) is 1. The van der Waals surface area contributed by atoms with Gasteiger partial charge in [-0.2, -0.15) is 26.4 Å². The number of oxime groups is 1. The third-order valence-electron chi connectivity index (χ3n) is 3.00. The van der Waals surface area contributed by atoms with Crippen LogP contribution in [0, 0.1) is 10.6 Å². The normalized spacial score (nSPS) is 11.3. The monoisotopic (exact) mass is 390 g/mol. The minimum atomic E-state index is -4.47. The first-order valence-electron chi connectivity index (χ1n) is 7.00. The Bertz CT molecular complexity index is 875. The van der Waals surface area contributed by atoms with Crippen molar-refractivity contribution in [3.63, 3.8) is 0 Å². The van der Waals surface area contributed by atoms with Crippen LogP contribution in [0.25, 0.3) is 0 Å². The largest absolute Gasteiger partial charge is 0.417 e. The minimum Gasteiger partial charge on any atom is -0.391 e. The fraction of sp³-hybridized carbons (Fsp3) is 0.188. The molecule has 26 heavy (non-hydrogen) atoms. The van der Waals surface area contributed by atoms with E-state index in [0.717, 1.165) is 6.07 Å². The number of nitrogens with one attached hydrogen (secondary N) is 1. The average molecular weight is 390 g/mol. The lowest BCUT2D eigenvalue weighted by atomic mass is 10.0. The van der Waals surface area contributed by atoms with Crippen LogP contribution in [0.1, 0.15) is 23.6 Å². The van der Waals surface area contributed by atoms with Crippen LogP contribution in [-0.4, -0.2) is 14.1 Å². The standard InChI is InChI=1S/C16H13F4NO.HNO2S/c1-11(13-7-3-4-8-14(13)16(18,19)20)21-22-10-12-6-2-5-9-15(12)17;1-4(2)3/h2-9H,10H2,1H3;1H/b21-11+;. The molecule has 0 fully saturated rings. The Hall–Kier alpha value is -2.75. The third kappa shape index (κ3) is 7.01. The minimum absolute atomic E-state index is 0.0662. The quantitative estimate of drug-likeness (QED) is 0.477. The number of benzene rings is 2. The number of hydrogen-bond acceptors (Lipinski definition) is 5. The van der Waals surface area contributed by atoms with Crippen molar-refractivity contribution in [3.05, 3.63) is 71.0 Å². The fourth-order valence-corrected chi connectivity index (χ4v) is 1.91. The van der Waals surface area contributed by atoms with Crippen LogP contribution in [-0.2, 0) is 28.1 Å². The lowest BCUT2D eigenvalue weighted by Crippen LogP contribution is -2.12. The second-order valence-corrected chi connectivity index (χ2v) is 5.29. The van der Waals surface area contributed by atoms with Gasteiger partial charge in [0.2, 0.25) is 0 Å². The molecule has 0 aromatic heterocycles. The molecule has 0 unspecified atom stereocenters. The highest BCUT2D eigenvalue weighted by Gasteiger charge is 2.33. The summed E-state index contributed by atoms with van der Waals surface area (Å²) in [4.78, 5) is 4.97. The Kier molecular flexibility index (Phi) is 7.91. The SMILES string of the molecule is C/C(=N\OCc1ccccc1F)c1ccccc1C(F)(F)F.N=S(=O)=O. The van der Waals surface area contributed by atoms with E-state index in [1.165, 1.54) is 43.3 Å². The summed E-state index contributed by atoms with van der Waals surface area (Å²) in [5.41, 5.74) is -0.498. The van der Waals surface area contributed by atoms with Gasteiger partial charge in [0.05, 0.1) is 11.3 Å². The van der Waals surface area contributed by atoms with E-state index in [2.05, 4.69) is 5.16 Å². The highest BCUT2D eigenvalue weighted by Crippen LogP contribution is 2.32. The smallest absolute Gasteiger partial charge is 0.391 e. The number of rotatable bonds is 4. The molecular formula is C16H14F4N2O3S. The van der Waals surface area contributed by atoms with E-state index in [1.807, 2.05) is 0 Å². The number of halogens is 4. The highest BCUT2D eigenvalue weighted by molar-refractivity contribution is 7.60. The molecule has 0 atom stereocenters. The second-order valence-electron chi connectivity index (χ2n) is 4.82. The first-order valence-corrected chi connectivity index (χ1v) is 8.07. The Labute approximate surface area is 148 Å². The van der Waals surface area contributed by atoms with Gasteiger partial charge in [-0.05, 0) is 19.1 Å². The first-order chi connectivity index (χ1) is 12.1. The average Bonchev–Trinajstić information content (AvgIpc) is 2.55. The summed E-state index contributed by atoms with van der Waals surface area (Å²) in [6.07, 6.45) is -4.47. The van der Waals surface area contributed by atoms with Gasteiger partial charge in [-0.3, -0.25) is 0 Å². The predicted molar refractivity (Wildman–Crippen MR) is 86.5 cm³/mol. The molecule has 2 rings (SSSR count). The number of alkyl halides is 3. The molecule has 2 aromatic rings. The summed E-state index contributed by atoms with van der Waals surface area (Å²) in [5, 5.41) is 3.65. The molecule has 0 saturated carbocycles. The molecular weight excluding hydrogens is 376 g/mol. The molecule has 0 bridgehead atoms. The van der Waals surface area contributed by atoms with Crippen LogP contribution in [0.5, 0.6) is 0 Å². The van der Waals surface area contributed by atoms with Gasteiger partial charge in [0, 0.05) is 11.1 Å². The maximum Gasteiger partial charge on any atom is 0.417 e. The van der Waals surface area contributed by atoms with Gasteiger partial charge in [-0.15, -0.1) is 0 Å². The van der Waals surface area contributed by atoms with Gasteiger partial charge < -0.3 is 4.84 Å². The van der Waals surface area contributed by atoms with Gasteiger partial charge in [0.15, 0.2) is 0 Å². The molecule has 0 aliphatic heterocycles. The topological polar surface area (TPSA) is 79.6 Å². The zero-order chi connectivity index (χ0) is 19.7. The Morgan fingerprint density at radius 2 is 1.65 bits per heavy atom. The fourth-order valence-electron chi connectivity index (χ4n) is 1.91. The molecule has 0 heterocycles. The summed E-state index contributed by atoms with van der Waals surface area (Å²) in [6.45, 7) is 1.25. The van der Waals surface area contributed by atoms with Crippen LogP contribution < -0.4 is 0 Å². The van der Waals surface area contributed by atoms with Crippen molar-refractivity contribution in [2.24, 2.45) is 5.16 Å². The zero-order valence-electron chi connectivity index (χ0n) is 13.4. The van der Waals surface area contributed by atoms with E-state index in [4.69, 9.17) is 18.0 Å². The summed E-state index contributed by atoms with van der Waals surface area (Å²) >= 11 is 0. The van der Waals surface area contributed by atoms with Crippen molar-refractivity contribution in [2.45, 2.75) is 19.7 Å². The van der Waals surface area contributed by atoms with E-state index < -0.39 is 28.1 Å². The molecule has 0 aliphatic rings. The molecule has 0 amide bonds. The molecule has 10 heteroatoms. The Morgan fingerprint density at radius 1 is 1.12 bits per heavy atom. The van der Waals surface area contributed by atoms with Crippen LogP contribution in [0.4, 0.5) is 17.6 Å². The summed E-state index contributed by atoms with van der Waals surface area (Å²) in [5.74, 6) is -0.453. The summed E-state index contributed by atoms with van der Waals surface area (Å²) in [7, 11) is -2.61. The predicted octanol–water partition coefficient (Wildman–Crippen LogP) is 4.41. The Morgan fingerprint density at radius 3 is 2.23 bits per heavy atom. The molecule has 0 aliphatic carbocycles. The van der Waals surface area contributed by atoms with Gasteiger partial charge in [0.1, 0.15) is 12.4 Å². The van der Waals surface area contributed by atoms with E-state index in [9.17, 15) is 17.6 Å². The summed E-state index contributed by atoms with van der Waals surface area (Å²) < 4.78 is 74.9. The van der Waals surface area contributed by atoms with E-state index >= 15 is 0 Å². The summed E-state index contributed by atoms with van der Waals surface area (Å²) in [6, 6.07) is 11.0. The lowest BCUT2D eigenvalue weighted by molar-refractivity contribution is -0.137. The number of hydrogen-bond donors (Lipinski definition) is 1.